The Bertz CT molecular complexity index is 1380. The van der Waals surface area contributed by atoms with Crippen molar-refractivity contribution in [3.63, 3.8) is 0 Å². The first-order valence-corrected chi connectivity index (χ1v) is 12.0. The predicted molar refractivity (Wildman–Crippen MR) is 122 cm³/mol. The van der Waals surface area contributed by atoms with Gasteiger partial charge < -0.3 is 0 Å². The van der Waals surface area contributed by atoms with E-state index in [0.29, 0.717) is 31.9 Å². The van der Waals surface area contributed by atoms with Crippen molar-refractivity contribution in [2.45, 2.75) is 11.4 Å². The molecule has 0 amide bonds. The molecule has 5 nitrogen and oxygen atoms in total. The van der Waals surface area contributed by atoms with E-state index in [9.17, 15) is 13.2 Å². The van der Waals surface area contributed by atoms with Gasteiger partial charge in [-0.25, -0.2) is 8.42 Å². The highest BCUT2D eigenvalue weighted by Crippen LogP contribution is 2.27. The van der Waals surface area contributed by atoms with Gasteiger partial charge in [0.2, 0.25) is 0 Å². The van der Waals surface area contributed by atoms with E-state index >= 15 is 0 Å². The second kappa shape index (κ2) is 7.95. The molecule has 0 unspecified atom stereocenters. The molecule has 0 fully saturated rings. The van der Waals surface area contributed by atoms with Gasteiger partial charge in [-0.1, -0.05) is 53.3 Å². The molecule has 0 atom stereocenters. The fraction of sp³-hybridized carbons (Fsp3) is 0.0500. The van der Waals surface area contributed by atoms with Crippen molar-refractivity contribution in [2.24, 2.45) is 0 Å². The fourth-order valence-corrected chi connectivity index (χ4v) is 5.73. The standard InChI is InChI=1S/C20H14BrClN2O3S2/c21-15-6-2-4-8-17(15)23-29(26,27)14-9-10-18-19(11-14)28-20(25)24(18)12-13-5-1-3-7-16(13)22/h1-11,23H,12H2. The van der Waals surface area contributed by atoms with Crippen LogP contribution in [0.15, 0.2) is 80.9 Å². The summed E-state index contributed by atoms with van der Waals surface area (Å²) < 4.78 is 31.0. The zero-order valence-electron chi connectivity index (χ0n) is 14.8. The summed E-state index contributed by atoms with van der Waals surface area (Å²) >= 11 is 10.6. The molecule has 0 spiro atoms. The molecular formula is C20H14BrClN2O3S2. The predicted octanol–water partition coefficient (Wildman–Crippen LogP) is 5.33. The van der Waals surface area contributed by atoms with Crippen LogP contribution in [0.5, 0.6) is 0 Å². The molecule has 0 radical (unpaired) electrons. The van der Waals surface area contributed by atoms with Crippen LogP contribution >= 0.6 is 38.9 Å². The highest BCUT2D eigenvalue weighted by Gasteiger charge is 2.18. The summed E-state index contributed by atoms with van der Waals surface area (Å²) in [5, 5.41) is 0.579. The average molecular weight is 510 g/mol. The van der Waals surface area contributed by atoms with Gasteiger partial charge >= 0.3 is 4.87 Å². The van der Waals surface area contributed by atoms with Crippen molar-refractivity contribution in [3.05, 3.63) is 91.5 Å². The van der Waals surface area contributed by atoms with E-state index < -0.39 is 10.0 Å². The van der Waals surface area contributed by atoms with Gasteiger partial charge in [-0.2, -0.15) is 0 Å². The Labute approximate surface area is 184 Å². The second-order valence-corrected chi connectivity index (χ2v) is 10.2. The molecule has 4 rings (SSSR count). The number of sulfonamides is 1. The number of aromatic nitrogens is 1. The first-order valence-electron chi connectivity index (χ1n) is 8.49. The summed E-state index contributed by atoms with van der Waals surface area (Å²) in [6.45, 7) is 0.319. The molecule has 148 valence electrons. The lowest BCUT2D eigenvalue weighted by Gasteiger charge is -2.10. The molecular weight excluding hydrogens is 496 g/mol. The van der Waals surface area contributed by atoms with Crippen molar-refractivity contribution in [1.29, 1.82) is 0 Å². The Morgan fingerprint density at radius 2 is 1.76 bits per heavy atom. The van der Waals surface area contributed by atoms with Gasteiger partial charge in [-0.3, -0.25) is 14.1 Å². The quantitative estimate of drug-likeness (QED) is 0.395. The van der Waals surface area contributed by atoms with Crippen LogP contribution in [0, 0.1) is 0 Å². The molecule has 9 heteroatoms. The Morgan fingerprint density at radius 3 is 2.52 bits per heavy atom. The molecule has 3 aromatic carbocycles. The number of nitrogens with zero attached hydrogens (tertiary/aromatic N) is 1. The van der Waals surface area contributed by atoms with Crippen molar-refractivity contribution in [3.8, 4) is 0 Å². The van der Waals surface area contributed by atoms with Gasteiger partial charge in [0.25, 0.3) is 10.0 Å². The fourth-order valence-electron chi connectivity index (χ4n) is 2.91. The Morgan fingerprint density at radius 1 is 1.03 bits per heavy atom. The zero-order valence-corrected chi connectivity index (χ0v) is 18.8. The number of thiazole rings is 1. The number of para-hydroxylation sites is 1. The maximum Gasteiger partial charge on any atom is 0.308 e. The minimum Gasteiger partial charge on any atom is -0.294 e. The van der Waals surface area contributed by atoms with E-state index in [-0.39, 0.29) is 9.77 Å². The zero-order chi connectivity index (χ0) is 20.6. The third kappa shape index (κ3) is 4.11. The van der Waals surface area contributed by atoms with E-state index in [1.165, 1.54) is 12.1 Å². The molecule has 1 heterocycles. The van der Waals surface area contributed by atoms with Crippen LogP contribution in [0.25, 0.3) is 10.2 Å². The van der Waals surface area contributed by atoms with Crippen LogP contribution in [-0.2, 0) is 16.6 Å². The van der Waals surface area contributed by atoms with Crippen LogP contribution in [0.2, 0.25) is 5.02 Å². The molecule has 0 saturated heterocycles. The van der Waals surface area contributed by atoms with Crippen LogP contribution in [-0.4, -0.2) is 13.0 Å². The average Bonchev–Trinajstić information content (AvgIpc) is 3.00. The first kappa shape index (κ1) is 20.2. The Hall–Kier alpha value is -2.13. The first-order chi connectivity index (χ1) is 13.8. The van der Waals surface area contributed by atoms with E-state index in [1.807, 2.05) is 18.2 Å². The summed E-state index contributed by atoms with van der Waals surface area (Å²) in [5.74, 6) is 0. The number of fused-ring (bicyclic) bond motifs is 1. The maximum atomic E-state index is 12.8. The van der Waals surface area contributed by atoms with E-state index in [2.05, 4.69) is 20.7 Å². The number of halogens is 2. The van der Waals surface area contributed by atoms with Crippen molar-refractivity contribution >= 4 is 64.8 Å². The largest absolute Gasteiger partial charge is 0.308 e. The number of hydrogen-bond acceptors (Lipinski definition) is 4. The van der Waals surface area contributed by atoms with Crippen molar-refractivity contribution < 1.29 is 8.42 Å². The molecule has 1 N–H and O–H groups in total. The van der Waals surface area contributed by atoms with Gasteiger partial charge in [0.1, 0.15) is 0 Å². The Balaban J connectivity index is 1.71. The smallest absolute Gasteiger partial charge is 0.294 e. The van der Waals surface area contributed by atoms with E-state index in [0.717, 1.165) is 16.9 Å². The molecule has 4 aromatic rings. The summed E-state index contributed by atoms with van der Waals surface area (Å²) in [7, 11) is -3.80. The monoisotopic (exact) mass is 508 g/mol. The lowest BCUT2D eigenvalue weighted by atomic mass is 10.2. The highest BCUT2D eigenvalue weighted by molar-refractivity contribution is 9.10. The van der Waals surface area contributed by atoms with Crippen LogP contribution in [0.3, 0.4) is 0 Å². The summed E-state index contributed by atoms with van der Waals surface area (Å²) in [5.41, 5.74) is 1.93. The van der Waals surface area contributed by atoms with Gasteiger partial charge in [0.15, 0.2) is 0 Å². The van der Waals surface area contributed by atoms with E-state index in [4.69, 9.17) is 11.6 Å². The molecule has 0 aliphatic rings. The van der Waals surface area contributed by atoms with Crippen LogP contribution in [0.4, 0.5) is 5.69 Å². The number of benzene rings is 3. The third-order valence-corrected chi connectivity index (χ3v) is 7.72. The summed E-state index contributed by atoms with van der Waals surface area (Å²) in [6.07, 6.45) is 0. The SMILES string of the molecule is O=c1sc2cc(S(=O)(=O)Nc3ccccc3Br)ccc2n1Cc1ccccc1Cl. The molecule has 0 saturated carbocycles. The van der Waals surface area contributed by atoms with E-state index in [1.54, 1.807) is 41.0 Å². The number of anilines is 1. The minimum absolute atomic E-state index is 0.0897. The second-order valence-electron chi connectivity index (χ2n) is 6.26. The van der Waals surface area contributed by atoms with Crippen molar-refractivity contribution in [1.82, 2.24) is 4.57 Å². The number of rotatable bonds is 5. The molecule has 0 aliphatic heterocycles. The lowest BCUT2D eigenvalue weighted by Crippen LogP contribution is -2.14. The molecule has 0 aliphatic carbocycles. The maximum absolute atomic E-state index is 12.8. The highest BCUT2D eigenvalue weighted by atomic mass is 79.9. The molecule has 1 aromatic heterocycles. The minimum atomic E-state index is -3.80. The van der Waals surface area contributed by atoms with Crippen molar-refractivity contribution in [2.75, 3.05) is 4.72 Å². The topological polar surface area (TPSA) is 68.2 Å². The normalized spacial score (nSPS) is 11.7. The lowest BCUT2D eigenvalue weighted by molar-refractivity contribution is 0.601. The van der Waals surface area contributed by atoms with Gasteiger partial charge in [-0.15, -0.1) is 0 Å². The molecule has 29 heavy (non-hydrogen) atoms. The summed E-state index contributed by atoms with van der Waals surface area (Å²) in [6, 6.07) is 18.9. The van der Waals surface area contributed by atoms with Crippen LogP contribution < -0.4 is 9.60 Å². The Kier molecular flexibility index (Phi) is 5.52. The van der Waals surface area contributed by atoms with Gasteiger partial charge in [0, 0.05) is 9.50 Å². The van der Waals surface area contributed by atoms with Gasteiger partial charge in [0.05, 0.1) is 27.3 Å². The van der Waals surface area contributed by atoms with Crippen LogP contribution in [0.1, 0.15) is 5.56 Å². The van der Waals surface area contributed by atoms with Gasteiger partial charge in [-0.05, 0) is 57.9 Å². The molecule has 0 bridgehead atoms. The number of nitrogens with one attached hydrogen (secondary N) is 1. The third-order valence-electron chi connectivity index (χ3n) is 4.35. The number of hydrogen-bond donors (Lipinski definition) is 1. The summed E-state index contributed by atoms with van der Waals surface area (Å²) in [4.78, 5) is 12.4.